The van der Waals surface area contributed by atoms with Gasteiger partial charge >= 0.3 is 0 Å². The molecular weight excluding hydrogens is 442 g/mol. The minimum absolute atomic E-state index is 0.0331. The van der Waals surface area contributed by atoms with Gasteiger partial charge in [-0.25, -0.2) is 8.42 Å². The lowest BCUT2D eigenvalue weighted by molar-refractivity contribution is 0.0910. The molecular formula is C22H20ClNO6S. The summed E-state index contributed by atoms with van der Waals surface area (Å²) in [4.78, 5) is 12.7. The third kappa shape index (κ3) is 4.86. The number of halogens is 1. The first-order valence-electron chi connectivity index (χ1n) is 9.59. The summed E-state index contributed by atoms with van der Waals surface area (Å²) < 4.78 is 41.7. The molecule has 4 rings (SSSR count). The van der Waals surface area contributed by atoms with Gasteiger partial charge < -0.3 is 19.2 Å². The predicted octanol–water partition coefficient (Wildman–Crippen LogP) is 4.17. The van der Waals surface area contributed by atoms with Gasteiger partial charge in [0.1, 0.15) is 24.7 Å². The van der Waals surface area contributed by atoms with Crippen molar-refractivity contribution in [2.45, 2.75) is 23.6 Å². The number of hydrogen-bond donors (Lipinski definition) is 1. The van der Waals surface area contributed by atoms with Crippen molar-refractivity contribution in [3.05, 3.63) is 76.7 Å². The summed E-state index contributed by atoms with van der Waals surface area (Å²) in [5.74, 6) is 0.707. The number of hydrogen-bond acceptors (Lipinski definition) is 6. The second-order valence-corrected chi connectivity index (χ2v) is 9.50. The van der Waals surface area contributed by atoms with Crippen molar-refractivity contribution in [1.82, 2.24) is 5.32 Å². The van der Waals surface area contributed by atoms with Gasteiger partial charge in [0.2, 0.25) is 0 Å². The van der Waals surface area contributed by atoms with Crippen LogP contribution >= 0.6 is 11.6 Å². The quantitative estimate of drug-likeness (QED) is 0.592. The Kier molecular flexibility index (Phi) is 5.93. The van der Waals surface area contributed by atoms with Crippen molar-refractivity contribution in [1.29, 1.82) is 0 Å². The molecule has 0 bridgehead atoms. The molecule has 0 saturated heterocycles. The number of rotatable bonds is 6. The molecule has 1 amide bonds. The average Bonchev–Trinajstić information content (AvgIpc) is 3.21. The van der Waals surface area contributed by atoms with Gasteiger partial charge in [0, 0.05) is 5.02 Å². The van der Waals surface area contributed by atoms with Crippen LogP contribution in [0.5, 0.6) is 11.5 Å². The van der Waals surface area contributed by atoms with Crippen molar-refractivity contribution in [2.24, 2.45) is 0 Å². The molecule has 2 heterocycles. The fourth-order valence-corrected chi connectivity index (χ4v) is 4.54. The first-order chi connectivity index (χ1) is 14.8. The van der Waals surface area contributed by atoms with Crippen molar-refractivity contribution in [3.8, 4) is 11.5 Å². The standard InChI is InChI=1S/C22H20ClNO6S/c1-14(15-2-8-19-21(12-15)29-11-10-28-19)24-22(25)20-9-5-17(30-20)13-31(26,27)18-6-3-16(23)4-7-18/h2-9,12,14H,10-11,13H2,1H3,(H,24,25)/t14-/m0/s1. The van der Waals surface area contributed by atoms with E-state index >= 15 is 0 Å². The SMILES string of the molecule is C[C@H](NC(=O)c1ccc(CS(=O)(=O)c2ccc(Cl)cc2)o1)c1ccc2c(c1)OCCO2. The van der Waals surface area contributed by atoms with Crippen LogP contribution in [0.4, 0.5) is 0 Å². The Morgan fingerprint density at radius 3 is 2.48 bits per heavy atom. The third-order valence-electron chi connectivity index (χ3n) is 4.80. The second kappa shape index (κ2) is 8.64. The maximum Gasteiger partial charge on any atom is 0.287 e. The van der Waals surface area contributed by atoms with Crippen molar-refractivity contribution < 1.29 is 27.1 Å². The summed E-state index contributed by atoms with van der Waals surface area (Å²) in [7, 11) is -3.63. The van der Waals surface area contributed by atoms with Crippen molar-refractivity contribution in [3.63, 3.8) is 0 Å². The van der Waals surface area contributed by atoms with Gasteiger partial charge in [0.25, 0.3) is 5.91 Å². The van der Waals surface area contributed by atoms with Crippen LogP contribution in [-0.4, -0.2) is 27.5 Å². The second-order valence-electron chi connectivity index (χ2n) is 7.08. The number of carbonyl (C=O) groups is 1. The molecule has 0 radical (unpaired) electrons. The van der Waals surface area contributed by atoms with E-state index in [0.717, 1.165) is 5.56 Å². The summed E-state index contributed by atoms with van der Waals surface area (Å²) in [6, 6.07) is 14.0. The van der Waals surface area contributed by atoms with Gasteiger partial charge in [-0.3, -0.25) is 4.79 Å². The molecule has 1 aliphatic rings. The van der Waals surface area contributed by atoms with E-state index in [1.807, 2.05) is 19.1 Å². The smallest absolute Gasteiger partial charge is 0.287 e. The van der Waals surface area contributed by atoms with E-state index in [0.29, 0.717) is 29.7 Å². The van der Waals surface area contributed by atoms with Gasteiger partial charge in [0.05, 0.1) is 10.9 Å². The van der Waals surface area contributed by atoms with Crippen LogP contribution < -0.4 is 14.8 Å². The van der Waals surface area contributed by atoms with E-state index < -0.39 is 15.7 Å². The fourth-order valence-electron chi connectivity index (χ4n) is 3.17. The number of sulfone groups is 1. The third-order valence-corrected chi connectivity index (χ3v) is 6.71. The molecule has 1 aromatic heterocycles. The highest BCUT2D eigenvalue weighted by Gasteiger charge is 2.21. The van der Waals surface area contributed by atoms with E-state index in [-0.39, 0.29) is 28.2 Å². The summed E-state index contributed by atoms with van der Waals surface area (Å²) in [6.45, 7) is 2.82. The molecule has 0 spiro atoms. The normalized spacial score (nSPS) is 14.1. The molecule has 162 valence electrons. The topological polar surface area (TPSA) is 94.8 Å². The van der Waals surface area contributed by atoms with Crippen LogP contribution in [0, 0.1) is 0 Å². The Morgan fingerprint density at radius 1 is 1.03 bits per heavy atom. The summed E-state index contributed by atoms with van der Waals surface area (Å²) in [5.41, 5.74) is 0.842. The predicted molar refractivity (Wildman–Crippen MR) is 114 cm³/mol. The zero-order valence-corrected chi connectivity index (χ0v) is 18.2. The van der Waals surface area contributed by atoms with Crippen LogP contribution in [0.25, 0.3) is 0 Å². The minimum Gasteiger partial charge on any atom is -0.486 e. The van der Waals surface area contributed by atoms with Gasteiger partial charge in [-0.1, -0.05) is 17.7 Å². The lowest BCUT2D eigenvalue weighted by Crippen LogP contribution is -2.26. The molecule has 1 atom stereocenters. The van der Waals surface area contributed by atoms with E-state index in [9.17, 15) is 13.2 Å². The number of nitrogens with one attached hydrogen (secondary N) is 1. The van der Waals surface area contributed by atoms with Gasteiger partial charge in [0.15, 0.2) is 27.1 Å². The maximum atomic E-state index is 12.6. The van der Waals surface area contributed by atoms with E-state index in [4.69, 9.17) is 25.5 Å². The Balaban J connectivity index is 1.42. The van der Waals surface area contributed by atoms with Gasteiger partial charge in [-0.15, -0.1) is 0 Å². The molecule has 1 aliphatic heterocycles. The Bertz CT molecular complexity index is 1200. The highest BCUT2D eigenvalue weighted by atomic mass is 35.5. The van der Waals surface area contributed by atoms with Crippen LogP contribution in [0.3, 0.4) is 0 Å². The van der Waals surface area contributed by atoms with Gasteiger partial charge in [-0.2, -0.15) is 0 Å². The first-order valence-corrected chi connectivity index (χ1v) is 11.6. The molecule has 2 aromatic carbocycles. The van der Waals surface area contributed by atoms with Crippen LogP contribution in [0.2, 0.25) is 5.02 Å². The highest BCUT2D eigenvalue weighted by Crippen LogP contribution is 2.32. The Hall–Kier alpha value is -2.97. The molecule has 0 saturated carbocycles. The summed E-state index contributed by atoms with van der Waals surface area (Å²) in [6.07, 6.45) is 0. The van der Waals surface area contributed by atoms with E-state index in [1.165, 1.54) is 36.4 Å². The molecule has 0 fully saturated rings. The van der Waals surface area contributed by atoms with Crippen molar-refractivity contribution in [2.75, 3.05) is 13.2 Å². The van der Waals surface area contributed by atoms with E-state index in [2.05, 4.69) is 5.32 Å². The fraction of sp³-hybridized carbons (Fsp3) is 0.227. The molecule has 3 aromatic rings. The number of benzene rings is 2. The molecule has 0 unspecified atom stereocenters. The molecule has 1 N–H and O–H groups in total. The van der Waals surface area contributed by atoms with Gasteiger partial charge in [-0.05, 0) is 61.0 Å². The zero-order chi connectivity index (χ0) is 22.0. The summed E-state index contributed by atoms with van der Waals surface area (Å²) in [5, 5.41) is 3.29. The van der Waals surface area contributed by atoms with E-state index in [1.54, 1.807) is 6.07 Å². The van der Waals surface area contributed by atoms with Crippen LogP contribution in [0.1, 0.15) is 34.8 Å². The number of furan rings is 1. The number of fused-ring (bicyclic) bond motifs is 1. The van der Waals surface area contributed by atoms with Crippen LogP contribution in [-0.2, 0) is 15.6 Å². The molecule has 9 heteroatoms. The molecule has 7 nitrogen and oxygen atoms in total. The summed E-state index contributed by atoms with van der Waals surface area (Å²) >= 11 is 5.81. The number of amides is 1. The minimum atomic E-state index is -3.63. The largest absolute Gasteiger partial charge is 0.486 e. The zero-order valence-electron chi connectivity index (χ0n) is 16.6. The first kappa shape index (κ1) is 21.3. The Labute approximate surface area is 184 Å². The highest BCUT2D eigenvalue weighted by molar-refractivity contribution is 7.90. The lowest BCUT2D eigenvalue weighted by Gasteiger charge is -2.21. The lowest BCUT2D eigenvalue weighted by atomic mass is 10.1. The van der Waals surface area contributed by atoms with Crippen molar-refractivity contribution >= 4 is 27.3 Å². The number of carbonyl (C=O) groups excluding carboxylic acids is 1. The van der Waals surface area contributed by atoms with Crippen LogP contribution in [0.15, 0.2) is 63.9 Å². The monoisotopic (exact) mass is 461 g/mol. The Morgan fingerprint density at radius 2 is 1.74 bits per heavy atom. The maximum absolute atomic E-state index is 12.6. The number of ether oxygens (including phenoxy) is 2. The average molecular weight is 462 g/mol. The molecule has 0 aliphatic carbocycles. The molecule has 31 heavy (non-hydrogen) atoms.